The molecule has 0 saturated carbocycles. The largest absolute Gasteiger partial charge is 0.341 e. The van der Waals surface area contributed by atoms with E-state index < -0.39 is 9.84 Å². The molecule has 2 atom stereocenters. The van der Waals surface area contributed by atoms with Gasteiger partial charge in [0.1, 0.15) is 18.1 Å². The standard InChI is InChI=1S/C18H25N3O3S/c1-13-8-14(2)10-20(9-13)18(22)11-21-16-7-5-4-6-15(16)19-17(21)12-25(3,23)24/h4-7,13-14H,8-12H2,1-3H3. The van der Waals surface area contributed by atoms with Crippen LogP contribution >= 0.6 is 0 Å². The number of sulfone groups is 1. The maximum Gasteiger partial charge on any atom is 0.242 e. The van der Waals surface area contributed by atoms with Crippen LogP contribution in [0.2, 0.25) is 0 Å². The molecule has 1 fully saturated rings. The Morgan fingerprint density at radius 3 is 2.48 bits per heavy atom. The number of hydrogen-bond acceptors (Lipinski definition) is 4. The predicted molar refractivity (Wildman–Crippen MR) is 97.8 cm³/mol. The molecule has 2 heterocycles. The number of para-hydroxylation sites is 2. The molecule has 0 spiro atoms. The monoisotopic (exact) mass is 363 g/mol. The van der Waals surface area contributed by atoms with Crippen molar-refractivity contribution in [3.05, 3.63) is 30.1 Å². The lowest BCUT2D eigenvalue weighted by atomic mass is 9.92. The summed E-state index contributed by atoms with van der Waals surface area (Å²) in [5.41, 5.74) is 1.52. The van der Waals surface area contributed by atoms with Crippen molar-refractivity contribution in [2.24, 2.45) is 11.8 Å². The van der Waals surface area contributed by atoms with Gasteiger partial charge in [-0.25, -0.2) is 13.4 Å². The van der Waals surface area contributed by atoms with Gasteiger partial charge in [-0.1, -0.05) is 26.0 Å². The summed E-state index contributed by atoms with van der Waals surface area (Å²) in [4.78, 5) is 19.2. The third kappa shape index (κ3) is 4.21. The molecule has 2 unspecified atom stereocenters. The van der Waals surface area contributed by atoms with E-state index in [-0.39, 0.29) is 18.2 Å². The van der Waals surface area contributed by atoms with Crippen LogP contribution in [-0.2, 0) is 26.9 Å². The van der Waals surface area contributed by atoms with E-state index in [4.69, 9.17) is 0 Å². The van der Waals surface area contributed by atoms with Crippen LogP contribution in [0.15, 0.2) is 24.3 Å². The van der Waals surface area contributed by atoms with Crippen LogP contribution in [0, 0.1) is 11.8 Å². The minimum absolute atomic E-state index is 0.0244. The van der Waals surface area contributed by atoms with Crippen LogP contribution in [0.1, 0.15) is 26.1 Å². The molecule has 0 N–H and O–H groups in total. The predicted octanol–water partition coefficient (Wildman–Crippen LogP) is 2.09. The highest BCUT2D eigenvalue weighted by atomic mass is 32.2. The fourth-order valence-corrected chi connectivity index (χ4v) is 4.44. The smallest absolute Gasteiger partial charge is 0.242 e. The molecule has 1 saturated heterocycles. The van der Waals surface area contributed by atoms with E-state index in [1.165, 1.54) is 6.26 Å². The van der Waals surface area contributed by atoms with Crippen molar-refractivity contribution in [1.82, 2.24) is 14.5 Å². The van der Waals surface area contributed by atoms with E-state index in [0.29, 0.717) is 23.2 Å². The van der Waals surface area contributed by atoms with E-state index in [9.17, 15) is 13.2 Å². The molecule has 136 valence electrons. The third-order valence-electron chi connectivity index (χ3n) is 4.64. The molecule has 1 amide bonds. The van der Waals surface area contributed by atoms with E-state index in [0.717, 1.165) is 25.0 Å². The first-order valence-electron chi connectivity index (χ1n) is 8.62. The number of aromatic nitrogens is 2. The number of hydrogen-bond donors (Lipinski definition) is 0. The molecule has 1 aromatic heterocycles. The Kier molecular flexibility index (Phi) is 4.86. The zero-order valence-electron chi connectivity index (χ0n) is 15.0. The Balaban J connectivity index is 1.91. The number of imidazole rings is 1. The second-order valence-electron chi connectivity index (χ2n) is 7.42. The number of likely N-dealkylation sites (tertiary alicyclic amines) is 1. The summed E-state index contributed by atoms with van der Waals surface area (Å²) < 4.78 is 25.3. The van der Waals surface area contributed by atoms with Gasteiger partial charge in [0.25, 0.3) is 0 Å². The van der Waals surface area contributed by atoms with Gasteiger partial charge < -0.3 is 9.47 Å². The number of carbonyl (C=O) groups excluding carboxylic acids is 1. The van der Waals surface area contributed by atoms with E-state index in [1.54, 1.807) is 4.57 Å². The number of fused-ring (bicyclic) bond motifs is 1. The lowest BCUT2D eigenvalue weighted by Crippen LogP contribution is -2.44. The van der Waals surface area contributed by atoms with E-state index in [2.05, 4.69) is 18.8 Å². The molecule has 2 aromatic rings. The molecule has 3 rings (SSSR count). The molecule has 25 heavy (non-hydrogen) atoms. The minimum atomic E-state index is -3.23. The fourth-order valence-electron chi connectivity index (χ4n) is 3.75. The highest BCUT2D eigenvalue weighted by molar-refractivity contribution is 7.89. The molecule has 0 aliphatic carbocycles. The van der Waals surface area contributed by atoms with Crippen LogP contribution in [0.3, 0.4) is 0 Å². The SMILES string of the molecule is CC1CC(C)CN(C(=O)Cn2c(CS(C)(=O)=O)nc3ccccc32)C1. The topological polar surface area (TPSA) is 72.3 Å². The lowest BCUT2D eigenvalue weighted by Gasteiger charge is -2.35. The summed E-state index contributed by atoms with van der Waals surface area (Å²) in [6, 6.07) is 7.45. The van der Waals surface area contributed by atoms with Crippen molar-refractivity contribution < 1.29 is 13.2 Å². The Morgan fingerprint density at radius 2 is 1.84 bits per heavy atom. The Hall–Kier alpha value is -1.89. The average molecular weight is 363 g/mol. The number of amides is 1. The molecular formula is C18H25N3O3S. The maximum absolute atomic E-state index is 12.8. The van der Waals surface area contributed by atoms with Crippen molar-refractivity contribution in [3.63, 3.8) is 0 Å². The van der Waals surface area contributed by atoms with Crippen molar-refractivity contribution in [1.29, 1.82) is 0 Å². The Morgan fingerprint density at radius 1 is 1.20 bits per heavy atom. The molecule has 1 aliphatic heterocycles. The first-order valence-corrected chi connectivity index (χ1v) is 10.7. The van der Waals surface area contributed by atoms with Gasteiger partial charge in [-0.15, -0.1) is 0 Å². The summed E-state index contributed by atoms with van der Waals surface area (Å²) in [5, 5.41) is 0. The zero-order chi connectivity index (χ0) is 18.2. The molecule has 0 bridgehead atoms. The summed E-state index contributed by atoms with van der Waals surface area (Å²) in [6.45, 7) is 5.98. The van der Waals surface area contributed by atoms with Crippen LogP contribution < -0.4 is 0 Å². The average Bonchev–Trinajstić information content (AvgIpc) is 2.82. The van der Waals surface area contributed by atoms with Gasteiger partial charge in [-0.3, -0.25) is 4.79 Å². The van der Waals surface area contributed by atoms with E-state index >= 15 is 0 Å². The van der Waals surface area contributed by atoms with Crippen molar-refractivity contribution >= 4 is 26.8 Å². The molecule has 1 aromatic carbocycles. The maximum atomic E-state index is 12.8. The van der Waals surface area contributed by atoms with E-state index in [1.807, 2.05) is 29.2 Å². The normalized spacial score (nSPS) is 21.6. The number of benzene rings is 1. The highest BCUT2D eigenvalue weighted by Gasteiger charge is 2.26. The molecular weight excluding hydrogens is 338 g/mol. The summed E-state index contributed by atoms with van der Waals surface area (Å²) in [7, 11) is -3.23. The number of carbonyl (C=O) groups is 1. The molecule has 7 heteroatoms. The molecule has 0 radical (unpaired) electrons. The van der Waals surface area contributed by atoms with Gasteiger partial charge in [0, 0.05) is 19.3 Å². The van der Waals surface area contributed by atoms with Crippen molar-refractivity contribution in [3.8, 4) is 0 Å². The summed E-state index contributed by atoms with van der Waals surface area (Å²) in [6.07, 6.45) is 2.32. The highest BCUT2D eigenvalue weighted by Crippen LogP contribution is 2.23. The van der Waals surface area contributed by atoms with Crippen molar-refractivity contribution in [2.75, 3.05) is 19.3 Å². The van der Waals surface area contributed by atoms with Crippen molar-refractivity contribution in [2.45, 2.75) is 32.6 Å². The molecule has 1 aliphatic rings. The fraction of sp³-hybridized carbons (Fsp3) is 0.556. The van der Waals surface area contributed by atoms with Gasteiger partial charge in [-0.05, 0) is 30.4 Å². The number of rotatable bonds is 4. The van der Waals surface area contributed by atoms with Crippen LogP contribution in [-0.4, -0.2) is 48.1 Å². The van der Waals surface area contributed by atoms with Gasteiger partial charge in [0.15, 0.2) is 9.84 Å². The number of piperidine rings is 1. The van der Waals surface area contributed by atoms with Crippen LogP contribution in [0.5, 0.6) is 0 Å². The van der Waals surface area contributed by atoms with Gasteiger partial charge in [0.05, 0.1) is 11.0 Å². The number of nitrogens with zero attached hydrogens (tertiary/aromatic N) is 3. The van der Waals surface area contributed by atoms with Gasteiger partial charge in [-0.2, -0.15) is 0 Å². The Bertz CT molecular complexity index is 878. The first kappa shape index (κ1) is 17.9. The van der Waals surface area contributed by atoms with Crippen LogP contribution in [0.25, 0.3) is 11.0 Å². The summed E-state index contributed by atoms with van der Waals surface area (Å²) >= 11 is 0. The third-order valence-corrected chi connectivity index (χ3v) is 5.42. The van der Waals surface area contributed by atoms with Crippen LogP contribution in [0.4, 0.5) is 0 Å². The molecule has 6 nitrogen and oxygen atoms in total. The second-order valence-corrected chi connectivity index (χ2v) is 9.56. The minimum Gasteiger partial charge on any atom is -0.341 e. The van der Waals surface area contributed by atoms with Gasteiger partial charge in [0.2, 0.25) is 5.91 Å². The summed E-state index contributed by atoms with van der Waals surface area (Å²) in [5.74, 6) is 1.26. The van der Waals surface area contributed by atoms with Gasteiger partial charge >= 0.3 is 0 Å². The quantitative estimate of drug-likeness (QED) is 0.834. The zero-order valence-corrected chi connectivity index (χ0v) is 15.8. The lowest BCUT2D eigenvalue weighted by molar-refractivity contribution is -0.134. The Labute approximate surface area is 148 Å². The first-order chi connectivity index (χ1) is 11.7. The second kappa shape index (κ2) is 6.78.